The smallest absolute Gasteiger partial charge is 0.241 e. The molecule has 106 valence electrons. The van der Waals surface area contributed by atoms with E-state index in [0.717, 1.165) is 26.1 Å². The Morgan fingerprint density at radius 2 is 2.30 bits per heavy atom. The van der Waals surface area contributed by atoms with Gasteiger partial charge in [0.2, 0.25) is 5.91 Å². The van der Waals surface area contributed by atoms with Crippen LogP contribution in [0.3, 0.4) is 0 Å². The first-order valence-electron chi connectivity index (χ1n) is 7.35. The second-order valence-corrected chi connectivity index (χ2v) is 5.32. The van der Waals surface area contributed by atoms with Gasteiger partial charge in [0.25, 0.3) is 0 Å². The number of nitrogens with zero attached hydrogens (tertiary/aromatic N) is 1. The van der Waals surface area contributed by atoms with Crippen molar-refractivity contribution < 1.29 is 4.79 Å². The highest BCUT2D eigenvalue weighted by Crippen LogP contribution is 2.25. The molecule has 2 aliphatic rings. The van der Waals surface area contributed by atoms with Crippen LogP contribution in [0.5, 0.6) is 0 Å². The lowest BCUT2D eigenvalue weighted by molar-refractivity contribution is -0.121. The van der Waals surface area contributed by atoms with Gasteiger partial charge >= 0.3 is 0 Å². The zero-order chi connectivity index (χ0) is 13.8. The number of fused-ring (bicyclic) bond motifs is 1. The van der Waals surface area contributed by atoms with E-state index in [-0.39, 0.29) is 11.9 Å². The zero-order valence-electron chi connectivity index (χ0n) is 11.6. The van der Waals surface area contributed by atoms with Gasteiger partial charge in [0.05, 0.1) is 0 Å². The lowest BCUT2D eigenvalue weighted by atomic mass is 10.0. The Morgan fingerprint density at radius 1 is 1.40 bits per heavy atom. The Morgan fingerprint density at radius 3 is 3.15 bits per heavy atom. The molecular weight excluding hydrogens is 250 g/mol. The Labute approximate surface area is 119 Å². The standard InChI is InChI=1S/C16H21N3O/c20-16(14-7-3-9-17-14)18-10-12-19-11-4-6-13-5-1-2-8-15(13)19/h1-3,5,7-8,14,17H,4,6,9-12H2,(H,18,20). The van der Waals surface area contributed by atoms with Crippen LogP contribution >= 0.6 is 0 Å². The van der Waals surface area contributed by atoms with Gasteiger partial charge < -0.3 is 10.2 Å². The van der Waals surface area contributed by atoms with Crippen LogP contribution < -0.4 is 15.5 Å². The van der Waals surface area contributed by atoms with Crippen LogP contribution in [0.2, 0.25) is 0 Å². The van der Waals surface area contributed by atoms with Crippen LogP contribution in [0.25, 0.3) is 0 Å². The molecule has 3 rings (SSSR count). The van der Waals surface area contributed by atoms with E-state index in [1.165, 1.54) is 17.7 Å². The largest absolute Gasteiger partial charge is 0.370 e. The molecule has 4 nitrogen and oxygen atoms in total. The molecule has 1 aromatic carbocycles. The maximum Gasteiger partial charge on any atom is 0.241 e. The van der Waals surface area contributed by atoms with Gasteiger partial charge in [-0.15, -0.1) is 0 Å². The summed E-state index contributed by atoms with van der Waals surface area (Å²) in [5, 5.41) is 6.13. The molecule has 1 amide bonds. The van der Waals surface area contributed by atoms with Crippen molar-refractivity contribution in [1.82, 2.24) is 10.6 Å². The van der Waals surface area contributed by atoms with E-state index in [4.69, 9.17) is 0 Å². The van der Waals surface area contributed by atoms with Crippen molar-refractivity contribution in [3.05, 3.63) is 42.0 Å². The summed E-state index contributed by atoms with van der Waals surface area (Å²) in [6.07, 6.45) is 6.27. The van der Waals surface area contributed by atoms with Crippen molar-refractivity contribution in [2.24, 2.45) is 0 Å². The van der Waals surface area contributed by atoms with Crippen molar-refractivity contribution in [3.63, 3.8) is 0 Å². The van der Waals surface area contributed by atoms with E-state index in [1.54, 1.807) is 0 Å². The summed E-state index contributed by atoms with van der Waals surface area (Å²) < 4.78 is 0. The molecule has 0 saturated heterocycles. The SMILES string of the molecule is O=C(NCCN1CCCc2ccccc21)C1C=CCN1. The molecule has 0 radical (unpaired) electrons. The Hall–Kier alpha value is -1.81. The third-order valence-electron chi connectivity index (χ3n) is 3.95. The van der Waals surface area contributed by atoms with Crippen LogP contribution in [0.15, 0.2) is 36.4 Å². The summed E-state index contributed by atoms with van der Waals surface area (Å²) >= 11 is 0. The normalized spacial score (nSPS) is 20.8. The average molecular weight is 271 g/mol. The lowest BCUT2D eigenvalue weighted by Crippen LogP contribution is -2.44. The molecule has 2 N–H and O–H groups in total. The fourth-order valence-corrected chi connectivity index (χ4v) is 2.92. The predicted molar refractivity (Wildman–Crippen MR) is 80.9 cm³/mol. The predicted octanol–water partition coefficient (Wildman–Crippen LogP) is 1.08. The fourth-order valence-electron chi connectivity index (χ4n) is 2.92. The first-order valence-corrected chi connectivity index (χ1v) is 7.35. The van der Waals surface area contributed by atoms with Crippen LogP contribution in [0.4, 0.5) is 5.69 Å². The van der Waals surface area contributed by atoms with Crippen molar-refractivity contribution in [2.75, 3.05) is 31.1 Å². The van der Waals surface area contributed by atoms with E-state index in [2.05, 4.69) is 39.8 Å². The monoisotopic (exact) mass is 271 g/mol. The molecule has 1 aromatic rings. The van der Waals surface area contributed by atoms with Gasteiger partial charge in [0.15, 0.2) is 0 Å². The molecule has 2 heterocycles. The van der Waals surface area contributed by atoms with Crippen molar-refractivity contribution in [3.8, 4) is 0 Å². The van der Waals surface area contributed by atoms with Crippen LogP contribution in [-0.2, 0) is 11.2 Å². The third kappa shape index (κ3) is 2.85. The summed E-state index contributed by atoms with van der Waals surface area (Å²) in [7, 11) is 0. The maximum atomic E-state index is 11.9. The number of amides is 1. The van der Waals surface area contributed by atoms with Gasteiger partial charge in [-0.1, -0.05) is 30.4 Å². The Balaban J connectivity index is 1.52. The van der Waals surface area contributed by atoms with E-state index in [0.29, 0.717) is 6.54 Å². The number of carbonyl (C=O) groups is 1. The number of anilines is 1. The molecule has 20 heavy (non-hydrogen) atoms. The Bertz CT molecular complexity index is 512. The lowest BCUT2D eigenvalue weighted by Gasteiger charge is -2.31. The van der Waals surface area contributed by atoms with Crippen molar-refractivity contribution in [1.29, 1.82) is 0 Å². The molecule has 0 fully saturated rings. The minimum absolute atomic E-state index is 0.0732. The number of benzene rings is 1. The number of rotatable bonds is 4. The maximum absolute atomic E-state index is 11.9. The number of hydrogen-bond acceptors (Lipinski definition) is 3. The van der Waals surface area contributed by atoms with Gasteiger partial charge in [-0.25, -0.2) is 0 Å². The first kappa shape index (κ1) is 13.2. The van der Waals surface area contributed by atoms with E-state index < -0.39 is 0 Å². The minimum atomic E-state index is -0.149. The van der Waals surface area contributed by atoms with E-state index in [9.17, 15) is 4.79 Å². The van der Waals surface area contributed by atoms with E-state index in [1.807, 2.05) is 12.2 Å². The molecule has 4 heteroatoms. The molecule has 0 spiro atoms. The first-order chi connectivity index (χ1) is 9.84. The van der Waals surface area contributed by atoms with Crippen LogP contribution in [0, 0.1) is 0 Å². The van der Waals surface area contributed by atoms with Gasteiger partial charge in [-0.3, -0.25) is 10.1 Å². The molecule has 1 atom stereocenters. The van der Waals surface area contributed by atoms with E-state index >= 15 is 0 Å². The van der Waals surface area contributed by atoms with Gasteiger partial charge in [0, 0.05) is 31.9 Å². The van der Waals surface area contributed by atoms with Gasteiger partial charge in [-0.05, 0) is 24.5 Å². The quantitative estimate of drug-likeness (QED) is 0.806. The van der Waals surface area contributed by atoms with Gasteiger partial charge in [-0.2, -0.15) is 0 Å². The highest BCUT2D eigenvalue weighted by molar-refractivity contribution is 5.84. The molecule has 1 unspecified atom stereocenters. The summed E-state index contributed by atoms with van der Waals surface area (Å²) in [6, 6.07) is 8.42. The summed E-state index contributed by atoms with van der Waals surface area (Å²) in [6.45, 7) is 3.43. The minimum Gasteiger partial charge on any atom is -0.370 e. The summed E-state index contributed by atoms with van der Waals surface area (Å²) in [4.78, 5) is 14.3. The molecule has 2 aliphatic heterocycles. The number of hydrogen-bond donors (Lipinski definition) is 2. The second-order valence-electron chi connectivity index (χ2n) is 5.32. The van der Waals surface area contributed by atoms with Crippen molar-refractivity contribution >= 4 is 11.6 Å². The van der Waals surface area contributed by atoms with Crippen LogP contribution in [0.1, 0.15) is 12.0 Å². The van der Waals surface area contributed by atoms with Crippen LogP contribution in [-0.4, -0.2) is 38.1 Å². The summed E-state index contributed by atoms with van der Waals surface area (Å²) in [5.41, 5.74) is 2.75. The highest BCUT2D eigenvalue weighted by atomic mass is 16.2. The molecule has 0 aromatic heterocycles. The number of para-hydroxylation sites is 1. The fraction of sp³-hybridized carbons (Fsp3) is 0.438. The van der Waals surface area contributed by atoms with Crippen molar-refractivity contribution in [2.45, 2.75) is 18.9 Å². The molecule has 0 saturated carbocycles. The zero-order valence-corrected chi connectivity index (χ0v) is 11.6. The van der Waals surface area contributed by atoms with Gasteiger partial charge in [0.1, 0.15) is 6.04 Å². The third-order valence-corrected chi connectivity index (χ3v) is 3.95. The summed E-state index contributed by atoms with van der Waals surface area (Å²) in [5.74, 6) is 0.0732. The second kappa shape index (κ2) is 6.09. The highest BCUT2D eigenvalue weighted by Gasteiger charge is 2.18. The Kier molecular flexibility index (Phi) is 4.02. The molecule has 0 aliphatic carbocycles. The topological polar surface area (TPSA) is 44.4 Å². The average Bonchev–Trinajstić information content (AvgIpc) is 3.02. The number of carbonyl (C=O) groups excluding carboxylic acids is 1. The molecular formula is C16H21N3O. The molecule has 0 bridgehead atoms. The number of nitrogens with one attached hydrogen (secondary N) is 2. The number of aryl methyl sites for hydroxylation is 1.